The summed E-state index contributed by atoms with van der Waals surface area (Å²) in [7, 11) is 0. The molecule has 0 radical (unpaired) electrons. The van der Waals surface area contributed by atoms with Crippen LogP contribution in [0.2, 0.25) is 5.02 Å². The molecule has 7 heteroatoms. The molecular formula is C32H27ClN4OS. The molecule has 1 fully saturated rings. The van der Waals surface area contributed by atoms with E-state index in [4.69, 9.17) is 33.5 Å². The Bertz CT molecular complexity index is 1620. The van der Waals surface area contributed by atoms with Gasteiger partial charge in [-0.15, -0.1) is 0 Å². The number of aryl methyl sites for hydroxylation is 1. The number of pyridine rings is 1. The highest BCUT2D eigenvalue weighted by Gasteiger charge is 2.42. The number of para-hydroxylation sites is 2. The Kier molecular flexibility index (Phi) is 6.81. The Balaban J connectivity index is 1.43. The van der Waals surface area contributed by atoms with Gasteiger partial charge in [-0.25, -0.2) is 0 Å². The molecule has 0 spiro atoms. The van der Waals surface area contributed by atoms with E-state index in [-0.39, 0.29) is 12.1 Å². The van der Waals surface area contributed by atoms with Crippen LogP contribution >= 0.6 is 23.8 Å². The van der Waals surface area contributed by atoms with Crippen molar-refractivity contribution in [3.63, 3.8) is 0 Å². The molecule has 0 amide bonds. The molecule has 5 aromatic rings. The lowest BCUT2D eigenvalue weighted by atomic mass is 9.96. The van der Waals surface area contributed by atoms with Crippen molar-refractivity contribution < 1.29 is 4.74 Å². The predicted molar refractivity (Wildman–Crippen MR) is 161 cm³/mol. The van der Waals surface area contributed by atoms with Crippen LogP contribution in [0.25, 0.3) is 5.69 Å². The maximum Gasteiger partial charge on any atom is 0.174 e. The van der Waals surface area contributed by atoms with Gasteiger partial charge in [-0.3, -0.25) is 4.98 Å². The summed E-state index contributed by atoms with van der Waals surface area (Å²) in [5, 5.41) is 4.91. The van der Waals surface area contributed by atoms with Gasteiger partial charge in [0.2, 0.25) is 0 Å². The Morgan fingerprint density at radius 3 is 2.26 bits per heavy atom. The predicted octanol–water partition coefficient (Wildman–Crippen LogP) is 8.11. The zero-order valence-electron chi connectivity index (χ0n) is 21.6. The molecule has 0 saturated carbocycles. The summed E-state index contributed by atoms with van der Waals surface area (Å²) < 4.78 is 8.24. The van der Waals surface area contributed by atoms with Crippen molar-refractivity contribution in [2.45, 2.75) is 25.9 Å². The second kappa shape index (κ2) is 10.6. The summed E-state index contributed by atoms with van der Waals surface area (Å²) >= 11 is 12.6. The first-order chi connectivity index (χ1) is 19.0. The molecule has 2 atom stereocenters. The number of hydrogen-bond acceptors (Lipinski definition) is 3. The molecule has 1 saturated heterocycles. The van der Waals surface area contributed by atoms with Crippen molar-refractivity contribution >= 4 is 34.6 Å². The fourth-order valence-electron chi connectivity index (χ4n) is 5.34. The lowest BCUT2D eigenvalue weighted by molar-refractivity contribution is 0.482. The Morgan fingerprint density at radius 2 is 1.54 bits per heavy atom. The highest BCUT2D eigenvalue weighted by Crippen LogP contribution is 2.44. The minimum absolute atomic E-state index is 0.129. The van der Waals surface area contributed by atoms with Crippen molar-refractivity contribution in [3.05, 3.63) is 137 Å². The summed E-state index contributed by atoms with van der Waals surface area (Å²) in [4.78, 5) is 6.87. The monoisotopic (exact) mass is 550 g/mol. The third-order valence-corrected chi connectivity index (χ3v) is 7.71. The fourth-order valence-corrected chi connectivity index (χ4v) is 5.91. The molecule has 6 rings (SSSR count). The molecule has 0 bridgehead atoms. The van der Waals surface area contributed by atoms with Gasteiger partial charge in [0, 0.05) is 23.3 Å². The van der Waals surface area contributed by atoms with Crippen molar-refractivity contribution in [1.82, 2.24) is 14.9 Å². The summed E-state index contributed by atoms with van der Waals surface area (Å²) in [5.74, 6) is 1.56. The maximum atomic E-state index is 6.63. The summed E-state index contributed by atoms with van der Waals surface area (Å²) in [6.07, 6.45) is 1.82. The number of nitrogens with one attached hydrogen (secondary N) is 1. The highest BCUT2D eigenvalue weighted by molar-refractivity contribution is 7.80. The molecule has 3 heterocycles. The molecule has 194 valence electrons. The van der Waals surface area contributed by atoms with Crippen LogP contribution in [0.5, 0.6) is 11.5 Å². The molecule has 3 aromatic carbocycles. The maximum absolute atomic E-state index is 6.63. The number of rotatable bonds is 6. The number of aromatic nitrogens is 2. The molecule has 1 aliphatic rings. The largest absolute Gasteiger partial charge is 0.457 e. The summed E-state index contributed by atoms with van der Waals surface area (Å²) in [6.45, 7) is 4.24. The normalized spacial score (nSPS) is 16.8. The molecule has 39 heavy (non-hydrogen) atoms. The van der Waals surface area contributed by atoms with Gasteiger partial charge in [0.25, 0.3) is 0 Å². The number of hydrogen-bond donors (Lipinski definition) is 1. The third kappa shape index (κ3) is 4.78. The van der Waals surface area contributed by atoms with E-state index in [1.165, 1.54) is 0 Å². The molecule has 2 aromatic heterocycles. The number of halogens is 1. The van der Waals surface area contributed by atoms with Crippen LogP contribution < -0.4 is 15.0 Å². The first kappa shape index (κ1) is 25.2. The van der Waals surface area contributed by atoms with Crippen molar-refractivity contribution in [1.29, 1.82) is 0 Å². The number of nitrogens with zero attached hydrogens (tertiary/aromatic N) is 3. The minimum Gasteiger partial charge on any atom is -0.457 e. The molecule has 1 aliphatic heterocycles. The third-order valence-electron chi connectivity index (χ3n) is 7.07. The van der Waals surface area contributed by atoms with E-state index in [1.807, 2.05) is 103 Å². The second-order valence-electron chi connectivity index (χ2n) is 9.52. The number of benzene rings is 3. The lowest BCUT2D eigenvalue weighted by Gasteiger charge is -2.28. The molecular weight excluding hydrogens is 524 g/mol. The van der Waals surface area contributed by atoms with Gasteiger partial charge in [0.1, 0.15) is 11.5 Å². The van der Waals surface area contributed by atoms with Gasteiger partial charge < -0.3 is 19.5 Å². The zero-order chi connectivity index (χ0) is 26.9. The molecule has 1 N–H and O–H groups in total. The van der Waals surface area contributed by atoms with E-state index in [9.17, 15) is 0 Å². The smallest absolute Gasteiger partial charge is 0.174 e. The second-order valence-corrected chi connectivity index (χ2v) is 10.3. The summed E-state index contributed by atoms with van der Waals surface area (Å²) in [6, 6.07) is 33.7. The highest BCUT2D eigenvalue weighted by atomic mass is 35.5. The van der Waals surface area contributed by atoms with Gasteiger partial charge in [-0.1, -0.05) is 48.0 Å². The van der Waals surface area contributed by atoms with Crippen molar-refractivity contribution in [3.8, 4) is 17.2 Å². The SMILES string of the molecule is Cc1cc([C@H]2[C@@H](c3ccccn3)NC(=S)N2c2ccc(Oc3ccccc3)cc2)c(C)n1-c1ccccc1Cl. The molecule has 5 nitrogen and oxygen atoms in total. The quantitative estimate of drug-likeness (QED) is 0.216. The van der Waals surface area contributed by atoms with Crippen LogP contribution in [-0.2, 0) is 0 Å². The van der Waals surface area contributed by atoms with E-state index >= 15 is 0 Å². The van der Waals surface area contributed by atoms with E-state index in [1.54, 1.807) is 0 Å². The van der Waals surface area contributed by atoms with Crippen LogP contribution in [0.1, 0.15) is 34.7 Å². The van der Waals surface area contributed by atoms with Crippen LogP contribution in [-0.4, -0.2) is 14.7 Å². The Morgan fingerprint density at radius 1 is 0.846 bits per heavy atom. The van der Waals surface area contributed by atoms with E-state index in [0.717, 1.165) is 45.5 Å². The minimum atomic E-state index is -0.140. The topological polar surface area (TPSA) is 42.3 Å². The van der Waals surface area contributed by atoms with Gasteiger partial charge in [0.05, 0.1) is 28.5 Å². The van der Waals surface area contributed by atoms with Gasteiger partial charge in [-0.2, -0.15) is 0 Å². The standard InChI is InChI=1S/C32H27ClN4OS/c1-21-20-26(22(2)36(21)29-14-7-6-12-27(29)33)31-30(28-13-8-9-19-34-28)35-32(39)37(31)23-15-17-25(18-16-23)38-24-10-4-3-5-11-24/h3-20,30-31H,1-2H3,(H,35,39)/t30-,31+/m1/s1. The number of thiocarbonyl (C=S) groups is 1. The fraction of sp³-hybridized carbons (Fsp3) is 0.125. The average Bonchev–Trinajstić information content (AvgIpc) is 3.45. The van der Waals surface area contributed by atoms with Crippen molar-refractivity contribution in [2.24, 2.45) is 0 Å². The summed E-state index contributed by atoms with van der Waals surface area (Å²) in [5.41, 5.74) is 6.21. The average molecular weight is 551 g/mol. The first-order valence-corrected chi connectivity index (χ1v) is 13.6. The first-order valence-electron chi connectivity index (χ1n) is 12.8. The van der Waals surface area contributed by atoms with Crippen molar-refractivity contribution in [2.75, 3.05) is 4.90 Å². The van der Waals surface area contributed by atoms with Crippen LogP contribution in [0.3, 0.4) is 0 Å². The Hall–Kier alpha value is -4.13. The van der Waals surface area contributed by atoms with Gasteiger partial charge in [-0.05, 0) is 98.4 Å². The van der Waals surface area contributed by atoms with E-state index in [0.29, 0.717) is 10.1 Å². The van der Waals surface area contributed by atoms with Gasteiger partial charge >= 0.3 is 0 Å². The van der Waals surface area contributed by atoms with E-state index in [2.05, 4.69) is 34.7 Å². The molecule has 0 unspecified atom stereocenters. The van der Waals surface area contributed by atoms with Crippen LogP contribution in [0.4, 0.5) is 5.69 Å². The number of ether oxygens (including phenoxy) is 1. The zero-order valence-corrected chi connectivity index (χ0v) is 23.2. The molecule has 0 aliphatic carbocycles. The van der Waals surface area contributed by atoms with E-state index < -0.39 is 0 Å². The van der Waals surface area contributed by atoms with Crippen LogP contribution in [0.15, 0.2) is 109 Å². The number of anilines is 1. The Labute approximate surface area is 238 Å². The van der Waals surface area contributed by atoms with Gasteiger partial charge in [0.15, 0.2) is 5.11 Å². The van der Waals surface area contributed by atoms with Crippen LogP contribution in [0, 0.1) is 13.8 Å². The lowest BCUT2D eigenvalue weighted by Crippen LogP contribution is -2.29.